The lowest BCUT2D eigenvalue weighted by Gasteiger charge is -2.16. The summed E-state index contributed by atoms with van der Waals surface area (Å²) < 4.78 is 4.81. The Morgan fingerprint density at radius 1 is 0.232 bits per heavy atom. The van der Waals surface area contributed by atoms with Crippen LogP contribution in [0.25, 0.3) is 175 Å². The Bertz CT molecular complexity index is 5740. The average Bonchev–Trinajstić information content (AvgIpc) is 1.94. The number of nitrogens with zero attached hydrogens (tertiary/aromatic N) is 4. The molecule has 82 heavy (non-hydrogen) atoms. The minimum Gasteiger partial charge on any atom is -0.308 e. The highest BCUT2D eigenvalue weighted by atomic mass is 15.2. The van der Waals surface area contributed by atoms with E-state index in [2.05, 4.69) is 276 Å². The SMILES string of the molecule is c1ccc(-c2nc(-n3c4ccccc4c4c5ccc6ccccc6c5c5ccccc5c43)nc3ccccc23)cc1.c1ccc2c(c1)-c1cccc3c(-n4c5ccccc5c5c6ccc7ccccc7c6c6ccccc6c54)ccc-2c13. The predicted octanol–water partition coefficient (Wildman–Crippen LogP) is 20.9. The van der Waals surface area contributed by atoms with Gasteiger partial charge in [-0.3, -0.25) is 4.57 Å². The molecule has 19 rings (SSSR count). The highest BCUT2D eigenvalue weighted by Gasteiger charge is 2.27. The molecule has 0 bridgehead atoms. The minimum atomic E-state index is 0.680. The van der Waals surface area contributed by atoms with Gasteiger partial charge in [-0.05, 0) is 106 Å². The Morgan fingerprint density at radius 2 is 0.683 bits per heavy atom. The first-order valence-electron chi connectivity index (χ1n) is 28.2. The molecular formula is C78H46N4. The standard InChI is InChI=1S/C40H23N.C38H23N3/c1-2-11-25-24(10-1)20-21-34-37(25)29-14-5-6-15-31(29)40-39(34)33-16-7-8-19-35(33)41(40)36-23-22-30-27-13-4-3-12-26(27)28-17-9-18-32(36)38(28)30;1-2-13-25(14-3-1)36-29-18-8-10-20-32(29)39-38(40-36)41-33-21-11-9-19-30(33)35-31-23-22-24-12-4-5-15-26(24)34(31)27-16-6-7-17-28(27)37(35)41/h2*1-23H. The van der Waals surface area contributed by atoms with Gasteiger partial charge in [-0.1, -0.05) is 255 Å². The molecule has 0 aliphatic heterocycles. The van der Waals surface area contributed by atoms with Gasteiger partial charge in [-0.2, -0.15) is 0 Å². The third-order valence-electron chi connectivity index (χ3n) is 17.7. The molecule has 0 N–H and O–H groups in total. The Labute approximate surface area is 470 Å². The van der Waals surface area contributed by atoms with Gasteiger partial charge in [0.25, 0.3) is 0 Å². The van der Waals surface area contributed by atoms with Crippen LogP contribution in [0.2, 0.25) is 0 Å². The summed E-state index contributed by atoms with van der Waals surface area (Å²) in [5, 5.41) is 24.1. The van der Waals surface area contributed by atoms with Crippen LogP contribution in [0.3, 0.4) is 0 Å². The average molecular weight is 1040 g/mol. The van der Waals surface area contributed by atoms with Crippen LogP contribution in [0.1, 0.15) is 0 Å². The van der Waals surface area contributed by atoms with Crippen LogP contribution in [-0.2, 0) is 0 Å². The van der Waals surface area contributed by atoms with Gasteiger partial charge in [0.2, 0.25) is 5.95 Å². The molecule has 0 spiro atoms. The smallest absolute Gasteiger partial charge is 0.235 e. The van der Waals surface area contributed by atoms with Crippen molar-refractivity contribution in [2.45, 2.75) is 0 Å². The maximum Gasteiger partial charge on any atom is 0.235 e. The monoisotopic (exact) mass is 1040 g/mol. The summed E-state index contributed by atoms with van der Waals surface area (Å²) in [4.78, 5) is 10.5. The fraction of sp³-hybridized carbons (Fsp3) is 0. The molecule has 0 atom stereocenters. The molecule has 0 amide bonds. The zero-order valence-corrected chi connectivity index (χ0v) is 44.3. The number of hydrogen-bond donors (Lipinski definition) is 0. The van der Waals surface area contributed by atoms with Crippen molar-refractivity contribution in [1.29, 1.82) is 0 Å². The number of fused-ring (bicyclic) bond motifs is 24. The van der Waals surface area contributed by atoms with E-state index in [-0.39, 0.29) is 0 Å². The first kappa shape index (κ1) is 45.0. The van der Waals surface area contributed by atoms with Crippen molar-refractivity contribution in [3.63, 3.8) is 0 Å². The molecular weight excluding hydrogens is 993 g/mol. The molecule has 0 saturated carbocycles. The molecule has 378 valence electrons. The van der Waals surface area contributed by atoms with Crippen molar-refractivity contribution in [2.75, 3.05) is 0 Å². The highest BCUT2D eigenvalue weighted by molar-refractivity contribution is 6.38. The third-order valence-corrected chi connectivity index (χ3v) is 17.7. The second-order valence-corrected chi connectivity index (χ2v) is 21.8. The van der Waals surface area contributed by atoms with Crippen LogP contribution in [0.15, 0.2) is 279 Å². The van der Waals surface area contributed by atoms with Gasteiger partial charge in [0.15, 0.2) is 0 Å². The van der Waals surface area contributed by atoms with Crippen LogP contribution in [0.4, 0.5) is 0 Å². The molecule has 1 aliphatic rings. The number of rotatable bonds is 3. The van der Waals surface area contributed by atoms with Gasteiger partial charge in [0.1, 0.15) is 0 Å². The van der Waals surface area contributed by atoms with Crippen molar-refractivity contribution in [3.8, 4) is 45.1 Å². The van der Waals surface area contributed by atoms with Gasteiger partial charge in [0.05, 0.1) is 39.0 Å². The van der Waals surface area contributed by atoms with E-state index in [1.807, 2.05) is 12.1 Å². The quantitative estimate of drug-likeness (QED) is 0.165. The molecule has 4 heteroatoms. The zero-order valence-electron chi connectivity index (χ0n) is 44.3. The zero-order chi connectivity index (χ0) is 53.6. The van der Waals surface area contributed by atoms with Gasteiger partial charge in [0, 0.05) is 48.7 Å². The maximum absolute atomic E-state index is 5.30. The van der Waals surface area contributed by atoms with Crippen LogP contribution in [0, 0.1) is 0 Å². The summed E-state index contributed by atoms with van der Waals surface area (Å²) in [5.74, 6) is 0.680. The first-order valence-corrected chi connectivity index (χ1v) is 28.2. The summed E-state index contributed by atoms with van der Waals surface area (Å²) in [5.41, 5.74) is 14.3. The number of aromatic nitrogens is 4. The molecule has 0 fully saturated rings. The van der Waals surface area contributed by atoms with E-state index < -0.39 is 0 Å². The van der Waals surface area contributed by atoms with Gasteiger partial charge in [-0.25, -0.2) is 9.97 Å². The molecule has 18 aromatic rings. The van der Waals surface area contributed by atoms with Gasteiger partial charge in [-0.15, -0.1) is 0 Å². The fourth-order valence-electron chi connectivity index (χ4n) is 14.3. The number of benzene rings is 15. The fourth-order valence-corrected chi connectivity index (χ4v) is 14.3. The lowest BCUT2D eigenvalue weighted by atomic mass is 9.93. The molecule has 4 nitrogen and oxygen atoms in total. The molecule has 0 radical (unpaired) electrons. The van der Waals surface area contributed by atoms with E-state index in [1.54, 1.807) is 0 Å². The Hall–Kier alpha value is -10.9. The van der Waals surface area contributed by atoms with E-state index >= 15 is 0 Å². The van der Waals surface area contributed by atoms with Gasteiger partial charge < -0.3 is 4.57 Å². The minimum absolute atomic E-state index is 0.680. The van der Waals surface area contributed by atoms with Crippen LogP contribution < -0.4 is 0 Å². The van der Waals surface area contributed by atoms with E-state index in [4.69, 9.17) is 9.97 Å². The second-order valence-electron chi connectivity index (χ2n) is 21.8. The first-order chi connectivity index (χ1) is 40.7. The summed E-state index contributed by atoms with van der Waals surface area (Å²) in [6.07, 6.45) is 0. The highest BCUT2D eigenvalue weighted by Crippen LogP contribution is 2.51. The van der Waals surface area contributed by atoms with E-state index in [9.17, 15) is 0 Å². The number of para-hydroxylation sites is 3. The van der Waals surface area contributed by atoms with Crippen LogP contribution >= 0.6 is 0 Å². The predicted molar refractivity (Wildman–Crippen MR) is 347 cm³/mol. The summed E-state index contributed by atoms with van der Waals surface area (Å²) >= 11 is 0. The van der Waals surface area contributed by atoms with Crippen LogP contribution in [0.5, 0.6) is 0 Å². The molecule has 0 saturated heterocycles. The largest absolute Gasteiger partial charge is 0.308 e. The summed E-state index contributed by atoms with van der Waals surface area (Å²) in [6.45, 7) is 0. The van der Waals surface area contributed by atoms with Crippen molar-refractivity contribution in [1.82, 2.24) is 19.1 Å². The number of hydrogen-bond acceptors (Lipinski definition) is 2. The molecule has 1 aliphatic carbocycles. The van der Waals surface area contributed by atoms with Crippen molar-refractivity contribution in [2.24, 2.45) is 0 Å². The van der Waals surface area contributed by atoms with Crippen molar-refractivity contribution < 1.29 is 0 Å². The third kappa shape index (κ3) is 6.26. The lowest BCUT2D eigenvalue weighted by Crippen LogP contribution is -2.03. The molecule has 3 aromatic heterocycles. The Morgan fingerprint density at radius 3 is 1.30 bits per heavy atom. The topological polar surface area (TPSA) is 35.6 Å². The second kappa shape index (κ2) is 17.3. The van der Waals surface area contributed by atoms with E-state index in [0.717, 1.165) is 33.2 Å². The lowest BCUT2D eigenvalue weighted by molar-refractivity contribution is 1.02. The Kier molecular flexibility index (Phi) is 9.48. The molecule has 0 unspecified atom stereocenters. The molecule has 3 heterocycles. The van der Waals surface area contributed by atoms with E-state index in [0.29, 0.717) is 5.95 Å². The maximum atomic E-state index is 5.30. The Balaban J connectivity index is 0.000000126. The normalized spacial score (nSPS) is 12.1. The van der Waals surface area contributed by atoms with Gasteiger partial charge >= 0.3 is 0 Å². The summed E-state index contributed by atoms with van der Waals surface area (Å²) in [7, 11) is 0. The summed E-state index contributed by atoms with van der Waals surface area (Å²) in [6, 6.07) is 101. The van der Waals surface area contributed by atoms with Crippen LogP contribution in [-0.4, -0.2) is 19.1 Å². The van der Waals surface area contributed by atoms with Crippen molar-refractivity contribution >= 4 is 130 Å². The van der Waals surface area contributed by atoms with E-state index in [1.165, 1.54) is 136 Å². The molecule has 15 aromatic carbocycles. The van der Waals surface area contributed by atoms with Crippen molar-refractivity contribution in [3.05, 3.63) is 279 Å².